The van der Waals surface area contributed by atoms with Crippen molar-refractivity contribution in [1.29, 1.82) is 0 Å². The van der Waals surface area contributed by atoms with Crippen molar-refractivity contribution in [1.82, 2.24) is 20.3 Å². The number of hydrogen-bond donors (Lipinski definition) is 2. The van der Waals surface area contributed by atoms with Crippen LogP contribution in [0, 0.1) is 6.92 Å². The minimum absolute atomic E-state index is 0.0206. The number of hydrogen-bond acceptors (Lipinski definition) is 6. The van der Waals surface area contributed by atoms with Crippen molar-refractivity contribution >= 4 is 17.5 Å². The summed E-state index contributed by atoms with van der Waals surface area (Å²) in [6.07, 6.45) is 6.86. The number of methoxy groups -OCH3 is 1. The van der Waals surface area contributed by atoms with Gasteiger partial charge in [-0.2, -0.15) is 0 Å². The Morgan fingerprint density at radius 1 is 1.28 bits per heavy atom. The van der Waals surface area contributed by atoms with Crippen molar-refractivity contribution in [3.8, 4) is 5.75 Å². The van der Waals surface area contributed by atoms with Crippen LogP contribution in [-0.4, -0.2) is 35.0 Å². The first-order valence-corrected chi connectivity index (χ1v) is 8.42. The molecular formula is C18H23N5O2. The maximum atomic E-state index is 12.7. The summed E-state index contributed by atoms with van der Waals surface area (Å²) in [7, 11) is 3.24. The Bertz CT molecular complexity index is 772. The van der Waals surface area contributed by atoms with Gasteiger partial charge in [0.2, 0.25) is 11.9 Å². The van der Waals surface area contributed by atoms with Crippen molar-refractivity contribution < 1.29 is 9.53 Å². The highest BCUT2D eigenvalue weighted by Gasteiger charge is 2.45. The molecule has 2 N–H and O–H groups in total. The highest BCUT2D eigenvalue weighted by molar-refractivity contribution is 5.88. The summed E-state index contributed by atoms with van der Waals surface area (Å²) in [4.78, 5) is 25.8. The van der Waals surface area contributed by atoms with Gasteiger partial charge in [0.15, 0.2) is 5.75 Å². The standard InChI is InChI=1S/C18H23N5O2/c1-12-10-13(6-9-20-12)22-17-21-11-14(25-3)15(23-17)18(16(24)19-2)7-4-5-8-18/h6,9-11H,4-5,7-8H2,1-3H3,(H,19,24)(H,20,21,22,23). The molecule has 1 aliphatic carbocycles. The summed E-state index contributed by atoms with van der Waals surface area (Å²) >= 11 is 0. The molecule has 2 aromatic heterocycles. The van der Waals surface area contributed by atoms with Crippen molar-refractivity contribution in [2.45, 2.75) is 38.0 Å². The van der Waals surface area contributed by atoms with Crippen LogP contribution in [-0.2, 0) is 10.2 Å². The van der Waals surface area contributed by atoms with Crippen LogP contribution >= 0.6 is 0 Å². The minimum Gasteiger partial charge on any atom is -0.493 e. The lowest BCUT2D eigenvalue weighted by molar-refractivity contribution is -0.126. The van der Waals surface area contributed by atoms with Gasteiger partial charge in [-0.3, -0.25) is 9.78 Å². The largest absolute Gasteiger partial charge is 0.493 e. The van der Waals surface area contributed by atoms with Crippen LogP contribution in [0.3, 0.4) is 0 Å². The highest BCUT2D eigenvalue weighted by atomic mass is 16.5. The molecule has 0 spiro atoms. The summed E-state index contributed by atoms with van der Waals surface area (Å²) < 4.78 is 5.46. The molecule has 1 saturated carbocycles. The summed E-state index contributed by atoms with van der Waals surface area (Å²) in [5, 5.41) is 5.98. The number of carbonyl (C=O) groups is 1. The second-order valence-electron chi connectivity index (χ2n) is 6.29. The van der Waals surface area contributed by atoms with Crippen LogP contribution < -0.4 is 15.4 Å². The molecule has 0 aromatic carbocycles. The third-order valence-corrected chi connectivity index (χ3v) is 4.70. The number of rotatable bonds is 5. The topological polar surface area (TPSA) is 89.0 Å². The molecule has 132 valence electrons. The molecule has 25 heavy (non-hydrogen) atoms. The third kappa shape index (κ3) is 3.26. The zero-order valence-electron chi connectivity index (χ0n) is 14.8. The smallest absolute Gasteiger partial charge is 0.232 e. The van der Waals surface area contributed by atoms with E-state index in [-0.39, 0.29) is 5.91 Å². The summed E-state index contributed by atoms with van der Waals surface area (Å²) in [5.41, 5.74) is 1.74. The Morgan fingerprint density at radius 3 is 2.68 bits per heavy atom. The Morgan fingerprint density at radius 2 is 2.04 bits per heavy atom. The monoisotopic (exact) mass is 341 g/mol. The second kappa shape index (κ2) is 7.04. The number of carbonyl (C=O) groups excluding carboxylic acids is 1. The lowest BCUT2D eigenvalue weighted by Gasteiger charge is -2.28. The molecule has 0 aliphatic heterocycles. The van der Waals surface area contributed by atoms with E-state index < -0.39 is 5.41 Å². The summed E-state index contributed by atoms with van der Waals surface area (Å²) in [5.74, 6) is 0.964. The highest BCUT2D eigenvalue weighted by Crippen LogP contribution is 2.44. The number of aryl methyl sites for hydroxylation is 1. The molecule has 0 bridgehead atoms. The number of aromatic nitrogens is 3. The van der Waals surface area contributed by atoms with Crippen LogP contribution in [0.15, 0.2) is 24.5 Å². The van der Waals surface area contributed by atoms with E-state index in [2.05, 4.69) is 25.6 Å². The number of ether oxygens (including phenoxy) is 1. The first-order chi connectivity index (χ1) is 12.1. The summed E-state index contributed by atoms with van der Waals surface area (Å²) in [6.45, 7) is 1.92. The minimum atomic E-state index is -0.659. The van der Waals surface area contributed by atoms with E-state index in [0.717, 1.165) is 37.1 Å². The second-order valence-corrected chi connectivity index (χ2v) is 6.29. The van der Waals surface area contributed by atoms with Gasteiger partial charge in [0.25, 0.3) is 0 Å². The van der Waals surface area contributed by atoms with E-state index in [0.29, 0.717) is 17.4 Å². The van der Waals surface area contributed by atoms with Crippen LogP contribution in [0.5, 0.6) is 5.75 Å². The first kappa shape index (κ1) is 17.1. The fourth-order valence-electron chi connectivity index (χ4n) is 3.46. The molecular weight excluding hydrogens is 318 g/mol. The quantitative estimate of drug-likeness (QED) is 0.868. The maximum Gasteiger partial charge on any atom is 0.232 e. The van der Waals surface area contributed by atoms with Gasteiger partial charge < -0.3 is 15.4 Å². The van der Waals surface area contributed by atoms with E-state index in [9.17, 15) is 4.79 Å². The third-order valence-electron chi connectivity index (χ3n) is 4.70. The number of anilines is 2. The number of pyridine rings is 1. The molecule has 7 heteroatoms. The van der Waals surface area contributed by atoms with Gasteiger partial charge in [-0.05, 0) is 31.9 Å². The van der Waals surface area contributed by atoms with Gasteiger partial charge >= 0.3 is 0 Å². The van der Waals surface area contributed by atoms with E-state index in [1.54, 1.807) is 26.6 Å². The number of nitrogens with one attached hydrogen (secondary N) is 2. The zero-order chi connectivity index (χ0) is 17.9. The zero-order valence-corrected chi connectivity index (χ0v) is 14.8. The fraction of sp³-hybridized carbons (Fsp3) is 0.444. The Labute approximate surface area is 147 Å². The van der Waals surface area contributed by atoms with Crippen LogP contribution in [0.4, 0.5) is 11.6 Å². The van der Waals surface area contributed by atoms with Crippen LogP contribution in [0.2, 0.25) is 0 Å². The fourth-order valence-corrected chi connectivity index (χ4v) is 3.46. The van der Waals surface area contributed by atoms with Crippen molar-refractivity contribution in [2.75, 3.05) is 19.5 Å². The average Bonchev–Trinajstić information content (AvgIpc) is 3.12. The predicted molar refractivity (Wildman–Crippen MR) is 95.1 cm³/mol. The van der Waals surface area contributed by atoms with Crippen molar-refractivity contribution in [2.24, 2.45) is 0 Å². The molecule has 0 atom stereocenters. The summed E-state index contributed by atoms with van der Waals surface area (Å²) in [6, 6.07) is 3.77. The van der Waals surface area contributed by atoms with E-state index in [1.807, 2.05) is 19.1 Å². The Kier molecular flexibility index (Phi) is 4.83. The molecule has 1 amide bonds. The Balaban J connectivity index is 2.01. The number of nitrogens with zero attached hydrogens (tertiary/aromatic N) is 3. The molecule has 7 nitrogen and oxygen atoms in total. The molecule has 0 saturated heterocycles. The number of amides is 1. The van der Waals surface area contributed by atoms with E-state index >= 15 is 0 Å². The molecule has 0 radical (unpaired) electrons. The molecule has 2 aromatic rings. The predicted octanol–water partition coefficient (Wildman–Crippen LogP) is 2.49. The van der Waals surface area contributed by atoms with Gasteiger partial charge in [-0.25, -0.2) is 9.97 Å². The van der Waals surface area contributed by atoms with Gasteiger partial charge in [0, 0.05) is 24.6 Å². The average molecular weight is 341 g/mol. The van der Waals surface area contributed by atoms with Crippen LogP contribution in [0.25, 0.3) is 0 Å². The normalized spacial score (nSPS) is 15.6. The van der Waals surface area contributed by atoms with Gasteiger partial charge in [0.05, 0.1) is 18.7 Å². The van der Waals surface area contributed by atoms with Crippen molar-refractivity contribution in [3.63, 3.8) is 0 Å². The first-order valence-electron chi connectivity index (χ1n) is 8.42. The SMILES string of the molecule is CNC(=O)C1(c2nc(Nc3ccnc(C)c3)ncc2OC)CCCC1. The lowest BCUT2D eigenvalue weighted by Crippen LogP contribution is -2.42. The van der Waals surface area contributed by atoms with Gasteiger partial charge in [0.1, 0.15) is 5.69 Å². The molecule has 1 fully saturated rings. The number of likely N-dealkylation sites (N-methyl/N-ethyl adjacent to an activating group) is 1. The Hall–Kier alpha value is -2.70. The van der Waals surface area contributed by atoms with Crippen LogP contribution in [0.1, 0.15) is 37.1 Å². The van der Waals surface area contributed by atoms with E-state index in [1.165, 1.54) is 0 Å². The van der Waals surface area contributed by atoms with E-state index in [4.69, 9.17) is 4.74 Å². The molecule has 0 unspecified atom stereocenters. The molecule has 1 aliphatic rings. The maximum absolute atomic E-state index is 12.7. The molecule has 3 rings (SSSR count). The molecule has 2 heterocycles. The van der Waals surface area contributed by atoms with Crippen molar-refractivity contribution in [3.05, 3.63) is 35.9 Å². The lowest BCUT2D eigenvalue weighted by atomic mass is 9.81. The van der Waals surface area contributed by atoms with Gasteiger partial charge in [-0.1, -0.05) is 12.8 Å². The van der Waals surface area contributed by atoms with Gasteiger partial charge in [-0.15, -0.1) is 0 Å².